The van der Waals surface area contributed by atoms with Gasteiger partial charge in [-0.25, -0.2) is 0 Å². The van der Waals surface area contributed by atoms with E-state index < -0.39 is 0 Å². The van der Waals surface area contributed by atoms with Gasteiger partial charge in [0.25, 0.3) is 6.01 Å². The maximum atomic E-state index is 11.6. The molecule has 0 saturated heterocycles. The second kappa shape index (κ2) is 5.14. The Morgan fingerprint density at radius 1 is 1.47 bits per heavy atom. The summed E-state index contributed by atoms with van der Waals surface area (Å²) in [6, 6.07) is 5.73. The van der Waals surface area contributed by atoms with Crippen molar-refractivity contribution in [3.63, 3.8) is 0 Å². The molecular formula is C14H16N2O3. The van der Waals surface area contributed by atoms with Crippen LogP contribution in [-0.2, 0) is 6.42 Å². The van der Waals surface area contributed by atoms with Crippen molar-refractivity contribution in [2.75, 3.05) is 12.8 Å². The van der Waals surface area contributed by atoms with E-state index in [1.165, 1.54) is 6.92 Å². The molecule has 0 unspecified atom stereocenters. The molecular weight excluding hydrogens is 244 g/mol. The van der Waals surface area contributed by atoms with Gasteiger partial charge in [0, 0.05) is 12.5 Å². The van der Waals surface area contributed by atoms with Crippen molar-refractivity contribution in [3.8, 4) is 17.0 Å². The highest BCUT2D eigenvalue weighted by Gasteiger charge is 2.20. The van der Waals surface area contributed by atoms with Gasteiger partial charge in [0.15, 0.2) is 11.5 Å². The molecule has 0 aliphatic rings. The minimum atomic E-state index is -0.219. The lowest BCUT2D eigenvalue weighted by atomic mass is 10.0. The number of aromatic nitrogens is 1. The predicted octanol–water partition coefficient (Wildman–Crippen LogP) is 2.70. The van der Waals surface area contributed by atoms with Crippen LogP contribution in [0.1, 0.15) is 30.0 Å². The number of carbonyl (C=O) groups excluding carboxylic acids is 1. The number of Topliss-reactive ketones (excluding diaryl/α,β-unsaturated/α-hetero) is 1. The molecule has 0 atom stereocenters. The molecule has 100 valence electrons. The smallest absolute Gasteiger partial charge is 0.293 e. The van der Waals surface area contributed by atoms with Crippen molar-refractivity contribution in [2.24, 2.45) is 0 Å². The molecule has 2 aromatic rings. The van der Waals surface area contributed by atoms with Crippen LogP contribution in [0.3, 0.4) is 0 Å². The Morgan fingerprint density at radius 3 is 2.79 bits per heavy atom. The van der Waals surface area contributed by atoms with Crippen LogP contribution in [0.5, 0.6) is 5.75 Å². The number of nitrogens with zero attached hydrogens (tertiary/aromatic N) is 1. The zero-order valence-corrected chi connectivity index (χ0v) is 11.2. The lowest BCUT2D eigenvalue weighted by Crippen LogP contribution is -1.96. The Morgan fingerprint density at radius 2 is 2.21 bits per heavy atom. The summed E-state index contributed by atoms with van der Waals surface area (Å²) in [7, 11) is 1.57. The van der Waals surface area contributed by atoms with Gasteiger partial charge in [0.1, 0.15) is 11.4 Å². The van der Waals surface area contributed by atoms with Crippen molar-refractivity contribution in [3.05, 3.63) is 29.5 Å². The summed E-state index contributed by atoms with van der Waals surface area (Å²) in [5.74, 6) is 0.570. The second-order valence-electron chi connectivity index (χ2n) is 4.17. The van der Waals surface area contributed by atoms with Crippen molar-refractivity contribution < 1.29 is 13.9 Å². The topological polar surface area (TPSA) is 78.3 Å². The van der Waals surface area contributed by atoms with Gasteiger partial charge in [-0.1, -0.05) is 13.0 Å². The van der Waals surface area contributed by atoms with E-state index in [0.29, 0.717) is 17.0 Å². The summed E-state index contributed by atoms with van der Waals surface area (Å²) in [6.07, 6.45) is 0.875. The van der Waals surface area contributed by atoms with E-state index in [1.54, 1.807) is 7.11 Å². The maximum absolute atomic E-state index is 11.6. The van der Waals surface area contributed by atoms with Crippen molar-refractivity contribution in [1.29, 1.82) is 0 Å². The fourth-order valence-corrected chi connectivity index (χ4v) is 1.92. The molecule has 1 aromatic carbocycles. The summed E-state index contributed by atoms with van der Waals surface area (Å²) in [5, 5.41) is 0. The molecule has 0 saturated carbocycles. The normalized spacial score (nSPS) is 10.5. The molecule has 0 amide bonds. The monoisotopic (exact) mass is 260 g/mol. The number of methoxy groups -OCH3 is 1. The van der Waals surface area contributed by atoms with E-state index in [1.807, 2.05) is 18.2 Å². The molecule has 0 fully saturated rings. The molecule has 1 aromatic heterocycles. The minimum absolute atomic E-state index is 0.0239. The van der Waals surface area contributed by atoms with Crippen molar-refractivity contribution >= 4 is 11.8 Å². The second-order valence-corrected chi connectivity index (χ2v) is 4.17. The fraction of sp³-hybridized carbons (Fsp3) is 0.286. The Bertz CT molecular complexity index is 617. The van der Waals surface area contributed by atoms with Gasteiger partial charge in [-0.15, -0.1) is 0 Å². The Hall–Kier alpha value is -2.30. The Kier molecular flexibility index (Phi) is 3.55. The molecule has 0 aliphatic carbocycles. The van der Waals surface area contributed by atoms with Gasteiger partial charge in [-0.3, -0.25) is 4.79 Å². The molecule has 5 heteroatoms. The number of ether oxygens (including phenoxy) is 1. The third-order valence-corrected chi connectivity index (χ3v) is 2.89. The highest BCUT2D eigenvalue weighted by atomic mass is 16.5. The fourth-order valence-electron chi connectivity index (χ4n) is 1.92. The van der Waals surface area contributed by atoms with E-state index in [4.69, 9.17) is 14.9 Å². The molecule has 5 nitrogen and oxygen atoms in total. The quantitative estimate of drug-likeness (QED) is 0.855. The van der Waals surface area contributed by atoms with E-state index in [0.717, 1.165) is 12.0 Å². The van der Waals surface area contributed by atoms with Gasteiger partial charge in [0.05, 0.1) is 7.11 Å². The highest BCUT2D eigenvalue weighted by Crippen LogP contribution is 2.34. The van der Waals surface area contributed by atoms with Crippen LogP contribution in [0, 0.1) is 0 Å². The van der Waals surface area contributed by atoms with Crippen molar-refractivity contribution in [2.45, 2.75) is 20.3 Å². The number of nitrogens with two attached hydrogens (primary N) is 1. The summed E-state index contributed by atoms with van der Waals surface area (Å²) in [6.45, 7) is 3.47. The highest BCUT2D eigenvalue weighted by molar-refractivity contribution is 5.98. The average molecular weight is 260 g/mol. The molecule has 1 heterocycles. The number of aryl methyl sites for hydroxylation is 1. The first-order valence-electron chi connectivity index (χ1n) is 6.01. The van der Waals surface area contributed by atoms with Gasteiger partial charge < -0.3 is 14.9 Å². The number of rotatable bonds is 4. The van der Waals surface area contributed by atoms with Crippen LogP contribution in [0.4, 0.5) is 6.01 Å². The number of oxazole rings is 1. The van der Waals surface area contributed by atoms with Gasteiger partial charge >= 0.3 is 0 Å². The zero-order chi connectivity index (χ0) is 14.0. The molecule has 2 rings (SSSR count). The Labute approximate surface area is 111 Å². The first-order valence-corrected chi connectivity index (χ1v) is 6.01. The van der Waals surface area contributed by atoms with E-state index in [2.05, 4.69) is 11.9 Å². The number of hydrogen-bond donors (Lipinski definition) is 1. The third-order valence-electron chi connectivity index (χ3n) is 2.89. The largest absolute Gasteiger partial charge is 0.496 e. The van der Waals surface area contributed by atoms with E-state index >= 15 is 0 Å². The van der Waals surface area contributed by atoms with Crippen LogP contribution >= 0.6 is 0 Å². The number of benzene rings is 1. The molecule has 0 bridgehead atoms. The average Bonchev–Trinajstić information content (AvgIpc) is 2.80. The predicted molar refractivity (Wildman–Crippen MR) is 72.3 cm³/mol. The molecule has 0 spiro atoms. The maximum Gasteiger partial charge on any atom is 0.293 e. The van der Waals surface area contributed by atoms with Crippen LogP contribution in [0.2, 0.25) is 0 Å². The molecule has 19 heavy (non-hydrogen) atoms. The third kappa shape index (κ3) is 2.45. The SMILES string of the molecule is CCc1ccc(OC)c(-c2nc(N)oc2C(C)=O)c1. The van der Waals surface area contributed by atoms with Crippen LogP contribution in [-0.4, -0.2) is 17.9 Å². The lowest BCUT2D eigenvalue weighted by Gasteiger charge is -2.08. The summed E-state index contributed by atoms with van der Waals surface area (Å²) < 4.78 is 10.5. The standard InChI is InChI=1S/C14H16N2O3/c1-4-9-5-6-11(18-3)10(7-9)12-13(8(2)17)19-14(15)16-12/h5-7H,4H2,1-3H3,(H2,15,16). The summed E-state index contributed by atoms with van der Waals surface area (Å²) in [4.78, 5) is 15.7. The van der Waals surface area contributed by atoms with E-state index in [9.17, 15) is 4.79 Å². The van der Waals surface area contributed by atoms with Gasteiger partial charge in [-0.2, -0.15) is 4.98 Å². The van der Waals surface area contributed by atoms with Crippen LogP contribution < -0.4 is 10.5 Å². The summed E-state index contributed by atoms with van der Waals surface area (Å²) >= 11 is 0. The molecule has 0 aliphatic heterocycles. The van der Waals surface area contributed by atoms with Crippen LogP contribution in [0.25, 0.3) is 11.3 Å². The molecule has 0 radical (unpaired) electrons. The number of anilines is 1. The zero-order valence-electron chi connectivity index (χ0n) is 11.2. The first-order chi connectivity index (χ1) is 9.06. The number of hydrogen-bond acceptors (Lipinski definition) is 5. The van der Waals surface area contributed by atoms with Crippen molar-refractivity contribution in [1.82, 2.24) is 4.98 Å². The lowest BCUT2D eigenvalue weighted by molar-refractivity contribution is 0.0989. The van der Waals surface area contributed by atoms with E-state index in [-0.39, 0.29) is 17.6 Å². The minimum Gasteiger partial charge on any atom is -0.496 e. The number of carbonyl (C=O) groups is 1. The van der Waals surface area contributed by atoms with Crippen LogP contribution in [0.15, 0.2) is 22.6 Å². The summed E-state index contributed by atoms with van der Waals surface area (Å²) in [5.41, 5.74) is 7.81. The first kappa shape index (κ1) is 13.1. The van der Waals surface area contributed by atoms with Gasteiger partial charge in [0.2, 0.25) is 0 Å². The molecule has 2 N–H and O–H groups in total. The van der Waals surface area contributed by atoms with Gasteiger partial charge in [-0.05, 0) is 24.1 Å². The Balaban J connectivity index is 2.66. The number of nitrogen functional groups attached to an aromatic ring is 1. The number of ketones is 1.